The lowest BCUT2D eigenvalue weighted by Crippen LogP contribution is -2.28. The third-order valence-corrected chi connectivity index (χ3v) is 4.29. The number of amides is 1. The molecule has 0 saturated carbocycles. The van der Waals surface area contributed by atoms with Gasteiger partial charge in [-0.1, -0.05) is 30.3 Å². The number of fused-ring (bicyclic) bond motifs is 1. The Balaban J connectivity index is 1.99. The van der Waals surface area contributed by atoms with Gasteiger partial charge in [0.1, 0.15) is 11.3 Å². The quantitative estimate of drug-likeness (QED) is 0.697. The van der Waals surface area contributed by atoms with E-state index in [1.807, 2.05) is 67.9 Å². The molecule has 0 aliphatic carbocycles. The van der Waals surface area contributed by atoms with Crippen molar-refractivity contribution in [2.24, 2.45) is 0 Å². The van der Waals surface area contributed by atoms with Gasteiger partial charge in [-0.2, -0.15) is 0 Å². The predicted molar refractivity (Wildman–Crippen MR) is 94.6 cm³/mol. The molecule has 0 radical (unpaired) electrons. The largest absolute Gasteiger partial charge is 0.336 e. The standard InChI is InChI=1S/C18H18BrN3O/c1-12-9-15(19)11-22-16(13(2)20-17(12)22)18(23)21(3)10-14-7-5-4-6-8-14/h4-9,11H,10H2,1-3H3. The van der Waals surface area contributed by atoms with Crippen molar-refractivity contribution < 1.29 is 4.79 Å². The summed E-state index contributed by atoms with van der Waals surface area (Å²) < 4.78 is 2.80. The maximum Gasteiger partial charge on any atom is 0.272 e. The fraction of sp³-hybridized carbons (Fsp3) is 0.222. The second-order valence-corrected chi connectivity index (χ2v) is 6.64. The Kier molecular flexibility index (Phi) is 4.22. The molecule has 1 aromatic carbocycles. The molecule has 1 amide bonds. The molecule has 2 heterocycles. The number of carbonyl (C=O) groups is 1. The van der Waals surface area contributed by atoms with Gasteiger partial charge in [0.15, 0.2) is 0 Å². The minimum absolute atomic E-state index is 0.0312. The van der Waals surface area contributed by atoms with E-state index >= 15 is 0 Å². The molecule has 0 fully saturated rings. The van der Waals surface area contributed by atoms with Crippen LogP contribution in [-0.2, 0) is 6.54 Å². The van der Waals surface area contributed by atoms with E-state index in [1.54, 1.807) is 4.90 Å². The maximum atomic E-state index is 12.9. The highest BCUT2D eigenvalue weighted by Crippen LogP contribution is 2.21. The Morgan fingerprint density at radius 3 is 2.65 bits per heavy atom. The monoisotopic (exact) mass is 371 g/mol. The summed E-state index contributed by atoms with van der Waals surface area (Å²) in [4.78, 5) is 19.2. The highest BCUT2D eigenvalue weighted by molar-refractivity contribution is 9.10. The summed E-state index contributed by atoms with van der Waals surface area (Å²) in [7, 11) is 1.82. The number of aromatic nitrogens is 2. The molecular weight excluding hydrogens is 354 g/mol. The Hall–Kier alpha value is -2.14. The van der Waals surface area contributed by atoms with Crippen LogP contribution < -0.4 is 0 Å². The number of halogens is 1. The average molecular weight is 372 g/mol. The Morgan fingerprint density at radius 2 is 1.96 bits per heavy atom. The summed E-state index contributed by atoms with van der Waals surface area (Å²) in [6.07, 6.45) is 1.89. The fourth-order valence-corrected chi connectivity index (χ4v) is 3.30. The molecular formula is C18H18BrN3O. The lowest BCUT2D eigenvalue weighted by atomic mass is 10.2. The van der Waals surface area contributed by atoms with Crippen molar-refractivity contribution in [3.05, 3.63) is 69.6 Å². The van der Waals surface area contributed by atoms with E-state index in [0.717, 1.165) is 26.9 Å². The average Bonchev–Trinajstić information content (AvgIpc) is 2.84. The third kappa shape index (κ3) is 3.01. The van der Waals surface area contributed by atoms with Gasteiger partial charge in [-0.3, -0.25) is 9.20 Å². The first-order valence-corrected chi connectivity index (χ1v) is 8.21. The van der Waals surface area contributed by atoms with Crippen LogP contribution in [0.3, 0.4) is 0 Å². The molecule has 5 heteroatoms. The van der Waals surface area contributed by atoms with Crippen LogP contribution in [0.2, 0.25) is 0 Å². The summed E-state index contributed by atoms with van der Waals surface area (Å²) in [5.41, 5.74) is 4.32. The smallest absolute Gasteiger partial charge is 0.272 e. The van der Waals surface area contributed by atoms with E-state index in [4.69, 9.17) is 0 Å². The number of imidazole rings is 1. The number of hydrogen-bond donors (Lipinski definition) is 0. The van der Waals surface area contributed by atoms with E-state index in [0.29, 0.717) is 12.2 Å². The van der Waals surface area contributed by atoms with Crippen molar-refractivity contribution in [2.75, 3.05) is 7.05 Å². The van der Waals surface area contributed by atoms with Crippen LogP contribution in [0.25, 0.3) is 5.65 Å². The molecule has 0 aliphatic heterocycles. The molecule has 3 aromatic rings. The molecule has 0 spiro atoms. The van der Waals surface area contributed by atoms with Gasteiger partial charge in [0, 0.05) is 24.3 Å². The Labute approximate surface area is 143 Å². The zero-order valence-electron chi connectivity index (χ0n) is 13.4. The van der Waals surface area contributed by atoms with Crippen molar-refractivity contribution in [3.8, 4) is 0 Å². The van der Waals surface area contributed by atoms with E-state index in [9.17, 15) is 4.79 Å². The first-order valence-electron chi connectivity index (χ1n) is 7.41. The van der Waals surface area contributed by atoms with Crippen molar-refractivity contribution in [1.82, 2.24) is 14.3 Å². The zero-order chi connectivity index (χ0) is 16.6. The molecule has 0 N–H and O–H groups in total. The fourth-order valence-electron chi connectivity index (χ4n) is 2.75. The number of nitrogens with zero attached hydrogens (tertiary/aromatic N) is 3. The molecule has 0 aliphatic rings. The van der Waals surface area contributed by atoms with Gasteiger partial charge in [0.2, 0.25) is 0 Å². The number of pyridine rings is 1. The van der Waals surface area contributed by atoms with E-state index in [2.05, 4.69) is 20.9 Å². The topological polar surface area (TPSA) is 37.6 Å². The van der Waals surface area contributed by atoms with Gasteiger partial charge >= 0.3 is 0 Å². The molecule has 4 nitrogen and oxygen atoms in total. The molecule has 0 saturated heterocycles. The molecule has 2 aromatic heterocycles. The van der Waals surface area contributed by atoms with Crippen LogP contribution in [0.1, 0.15) is 27.3 Å². The van der Waals surface area contributed by atoms with Crippen LogP contribution in [0, 0.1) is 13.8 Å². The van der Waals surface area contributed by atoms with E-state index < -0.39 is 0 Å². The van der Waals surface area contributed by atoms with Crippen LogP contribution in [0.5, 0.6) is 0 Å². The van der Waals surface area contributed by atoms with Gasteiger partial charge in [-0.15, -0.1) is 0 Å². The summed E-state index contributed by atoms with van der Waals surface area (Å²) in [6.45, 7) is 4.44. The molecule has 118 valence electrons. The summed E-state index contributed by atoms with van der Waals surface area (Å²) in [6, 6.07) is 12.0. The van der Waals surface area contributed by atoms with Crippen LogP contribution in [0.4, 0.5) is 0 Å². The highest BCUT2D eigenvalue weighted by Gasteiger charge is 2.21. The number of rotatable bonds is 3. The molecule has 23 heavy (non-hydrogen) atoms. The second kappa shape index (κ2) is 6.16. The summed E-state index contributed by atoms with van der Waals surface area (Å²) in [5.74, 6) is -0.0312. The Bertz CT molecular complexity index is 871. The summed E-state index contributed by atoms with van der Waals surface area (Å²) in [5, 5.41) is 0. The molecule has 3 rings (SSSR count). The number of aryl methyl sites for hydroxylation is 2. The molecule has 0 unspecified atom stereocenters. The van der Waals surface area contributed by atoms with E-state index in [1.165, 1.54) is 0 Å². The normalized spacial score (nSPS) is 11.0. The van der Waals surface area contributed by atoms with Gasteiger partial charge in [0.05, 0.1) is 5.69 Å². The third-order valence-electron chi connectivity index (χ3n) is 3.86. The number of carbonyl (C=O) groups excluding carboxylic acids is 1. The van der Waals surface area contributed by atoms with Crippen molar-refractivity contribution in [2.45, 2.75) is 20.4 Å². The number of hydrogen-bond acceptors (Lipinski definition) is 2. The van der Waals surface area contributed by atoms with Gasteiger partial charge < -0.3 is 4.90 Å². The van der Waals surface area contributed by atoms with Gasteiger partial charge in [-0.05, 0) is 47.0 Å². The van der Waals surface area contributed by atoms with Crippen LogP contribution in [0.15, 0.2) is 47.1 Å². The summed E-state index contributed by atoms with van der Waals surface area (Å²) >= 11 is 3.49. The SMILES string of the molecule is Cc1nc2c(C)cc(Br)cn2c1C(=O)N(C)Cc1ccccc1. The van der Waals surface area contributed by atoms with Crippen LogP contribution >= 0.6 is 15.9 Å². The highest BCUT2D eigenvalue weighted by atomic mass is 79.9. The lowest BCUT2D eigenvalue weighted by Gasteiger charge is -2.17. The van der Waals surface area contributed by atoms with Crippen molar-refractivity contribution in [3.63, 3.8) is 0 Å². The van der Waals surface area contributed by atoms with E-state index in [-0.39, 0.29) is 5.91 Å². The minimum Gasteiger partial charge on any atom is -0.336 e. The molecule has 0 bridgehead atoms. The zero-order valence-corrected chi connectivity index (χ0v) is 15.0. The number of benzene rings is 1. The van der Waals surface area contributed by atoms with Crippen molar-refractivity contribution in [1.29, 1.82) is 0 Å². The first-order chi connectivity index (χ1) is 11.0. The molecule has 0 atom stereocenters. The second-order valence-electron chi connectivity index (χ2n) is 5.73. The van der Waals surface area contributed by atoms with Crippen LogP contribution in [-0.4, -0.2) is 27.2 Å². The minimum atomic E-state index is -0.0312. The lowest BCUT2D eigenvalue weighted by molar-refractivity contribution is 0.0777. The Morgan fingerprint density at radius 1 is 1.26 bits per heavy atom. The van der Waals surface area contributed by atoms with Gasteiger partial charge in [-0.25, -0.2) is 4.98 Å². The first kappa shape index (κ1) is 15.7. The van der Waals surface area contributed by atoms with Crippen molar-refractivity contribution >= 4 is 27.5 Å². The van der Waals surface area contributed by atoms with Gasteiger partial charge in [0.25, 0.3) is 5.91 Å². The predicted octanol–water partition coefficient (Wildman–Crippen LogP) is 3.99. The maximum absolute atomic E-state index is 12.9.